The van der Waals surface area contributed by atoms with Crippen LogP contribution in [0.1, 0.15) is 5.56 Å². The lowest BCUT2D eigenvalue weighted by Crippen LogP contribution is -1.89. The normalized spacial score (nSPS) is 11.1. The van der Waals surface area contributed by atoms with Crippen molar-refractivity contribution < 1.29 is 8.78 Å². The molecule has 0 radical (unpaired) electrons. The average Bonchev–Trinajstić information content (AvgIpc) is 2.81. The number of nitrogens with one attached hydrogen (secondary N) is 1. The number of nitrogens with two attached hydrogens (primary N) is 1. The van der Waals surface area contributed by atoms with Crippen LogP contribution < -0.4 is 5.73 Å². The van der Waals surface area contributed by atoms with E-state index in [4.69, 9.17) is 5.73 Å². The molecule has 3 rings (SSSR count). The van der Waals surface area contributed by atoms with Crippen LogP contribution >= 0.6 is 11.8 Å². The lowest BCUT2D eigenvalue weighted by atomic mass is 10.2. The maximum absolute atomic E-state index is 13.5. The Bertz CT molecular complexity index is 770. The number of aromatic amines is 1. The van der Waals surface area contributed by atoms with Gasteiger partial charge in [0.05, 0.1) is 11.0 Å². The zero-order valence-electron chi connectivity index (χ0n) is 10.4. The highest BCUT2D eigenvalue weighted by Crippen LogP contribution is 2.25. The third kappa shape index (κ3) is 2.60. The second-order valence-corrected chi connectivity index (χ2v) is 5.31. The Morgan fingerprint density at radius 1 is 1.15 bits per heavy atom. The largest absolute Gasteiger partial charge is 0.399 e. The summed E-state index contributed by atoms with van der Waals surface area (Å²) in [5, 5.41) is 0.647. The third-order valence-electron chi connectivity index (χ3n) is 2.86. The van der Waals surface area contributed by atoms with Crippen molar-refractivity contribution in [3.63, 3.8) is 0 Å². The number of H-pyrrole nitrogens is 1. The Hall–Kier alpha value is -2.08. The first-order valence-corrected chi connectivity index (χ1v) is 6.92. The summed E-state index contributed by atoms with van der Waals surface area (Å²) in [5.41, 5.74) is 8.27. The Labute approximate surface area is 118 Å². The summed E-state index contributed by atoms with van der Waals surface area (Å²) in [5.74, 6) is -0.558. The Kier molecular flexibility index (Phi) is 3.31. The summed E-state index contributed by atoms with van der Waals surface area (Å²) in [7, 11) is 0. The quantitative estimate of drug-likeness (QED) is 0.571. The van der Waals surface area contributed by atoms with Crippen molar-refractivity contribution in [3.8, 4) is 0 Å². The first-order valence-electron chi connectivity index (χ1n) is 5.94. The number of fused-ring (bicyclic) bond motifs is 1. The fourth-order valence-electron chi connectivity index (χ4n) is 1.87. The molecule has 6 heteroatoms. The van der Waals surface area contributed by atoms with Crippen molar-refractivity contribution >= 4 is 28.5 Å². The molecule has 1 aromatic heterocycles. The smallest absolute Gasteiger partial charge is 0.166 e. The molecule has 0 aliphatic heterocycles. The standard InChI is InChI=1S/C14H11F2N3S/c15-9-1-3-11(16)8(5-9)7-20-14-18-12-4-2-10(17)6-13(12)19-14/h1-6H,7,17H2,(H,18,19). The molecule has 3 aromatic rings. The minimum Gasteiger partial charge on any atom is -0.399 e. The van der Waals surface area contributed by atoms with E-state index in [2.05, 4.69) is 9.97 Å². The number of hydrogen-bond donors (Lipinski definition) is 2. The van der Waals surface area contributed by atoms with Crippen molar-refractivity contribution in [1.82, 2.24) is 9.97 Å². The monoisotopic (exact) mass is 291 g/mol. The number of thioether (sulfide) groups is 1. The highest BCUT2D eigenvalue weighted by molar-refractivity contribution is 7.98. The van der Waals surface area contributed by atoms with Gasteiger partial charge in [0, 0.05) is 17.0 Å². The van der Waals surface area contributed by atoms with Gasteiger partial charge in [0.2, 0.25) is 0 Å². The van der Waals surface area contributed by atoms with Crippen LogP contribution in [0.25, 0.3) is 11.0 Å². The van der Waals surface area contributed by atoms with Gasteiger partial charge < -0.3 is 10.7 Å². The van der Waals surface area contributed by atoms with E-state index in [9.17, 15) is 8.78 Å². The molecule has 0 saturated heterocycles. The number of nitrogens with zero attached hydrogens (tertiary/aromatic N) is 1. The number of hydrogen-bond acceptors (Lipinski definition) is 3. The lowest BCUT2D eigenvalue weighted by molar-refractivity contribution is 0.591. The third-order valence-corrected chi connectivity index (χ3v) is 3.78. The molecular weight excluding hydrogens is 280 g/mol. The van der Waals surface area contributed by atoms with Crippen LogP contribution in [0, 0.1) is 11.6 Å². The zero-order valence-corrected chi connectivity index (χ0v) is 11.2. The minimum atomic E-state index is -0.445. The summed E-state index contributed by atoms with van der Waals surface area (Å²) in [4.78, 5) is 7.45. The molecule has 2 aromatic carbocycles. The molecular formula is C14H11F2N3S. The number of rotatable bonds is 3. The van der Waals surface area contributed by atoms with E-state index >= 15 is 0 Å². The minimum absolute atomic E-state index is 0.304. The number of benzene rings is 2. The first kappa shape index (κ1) is 12.9. The van der Waals surface area contributed by atoms with Crippen molar-refractivity contribution in [2.75, 3.05) is 5.73 Å². The van der Waals surface area contributed by atoms with Crippen molar-refractivity contribution in [2.45, 2.75) is 10.9 Å². The molecule has 0 aliphatic rings. The lowest BCUT2D eigenvalue weighted by Gasteiger charge is -2.01. The zero-order chi connectivity index (χ0) is 14.1. The first-order chi connectivity index (χ1) is 9.61. The van der Waals surface area contributed by atoms with E-state index in [1.807, 2.05) is 6.07 Å². The van der Waals surface area contributed by atoms with E-state index in [0.717, 1.165) is 23.2 Å². The molecule has 102 valence electrons. The summed E-state index contributed by atoms with van der Waals surface area (Å²) in [6.45, 7) is 0. The van der Waals surface area contributed by atoms with Gasteiger partial charge in [0.15, 0.2) is 5.16 Å². The van der Waals surface area contributed by atoms with Crippen LogP contribution in [0.4, 0.5) is 14.5 Å². The Balaban J connectivity index is 1.81. The van der Waals surface area contributed by atoms with Gasteiger partial charge in [0.1, 0.15) is 11.6 Å². The van der Waals surface area contributed by atoms with Crippen LogP contribution in [-0.2, 0) is 5.75 Å². The number of halogens is 2. The fourth-order valence-corrected chi connectivity index (χ4v) is 2.73. The summed E-state index contributed by atoms with van der Waals surface area (Å²) in [6, 6.07) is 8.80. The van der Waals surface area contributed by atoms with E-state index in [1.165, 1.54) is 17.8 Å². The van der Waals surface area contributed by atoms with Crippen LogP contribution in [-0.4, -0.2) is 9.97 Å². The summed E-state index contributed by atoms with van der Waals surface area (Å²) >= 11 is 1.31. The predicted octanol–water partition coefficient (Wildman–Crippen LogP) is 3.72. The molecule has 20 heavy (non-hydrogen) atoms. The van der Waals surface area contributed by atoms with Gasteiger partial charge in [-0.25, -0.2) is 13.8 Å². The van der Waals surface area contributed by atoms with Gasteiger partial charge in [-0.1, -0.05) is 11.8 Å². The van der Waals surface area contributed by atoms with E-state index in [1.54, 1.807) is 12.1 Å². The Morgan fingerprint density at radius 2 is 2.00 bits per heavy atom. The molecule has 0 bridgehead atoms. The number of nitrogen functional groups attached to an aromatic ring is 1. The van der Waals surface area contributed by atoms with Gasteiger partial charge >= 0.3 is 0 Å². The maximum atomic E-state index is 13.5. The van der Waals surface area contributed by atoms with Crippen LogP contribution in [0.15, 0.2) is 41.6 Å². The molecule has 0 spiro atoms. The highest BCUT2D eigenvalue weighted by Gasteiger charge is 2.08. The number of imidazole rings is 1. The Morgan fingerprint density at radius 3 is 2.85 bits per heavy atom. The number of anilines is 1. The van der Waals surface area contributed by atoms with E-state index in [-0.39, 0.29) is 0 Å². The van der Waals surface area contributed by atoms with Gasteiger partial charge in [-0.05, 0) is 36.4 Å². The SMILES string of the molecule is Nc1ccc2nc(SCc3cc(F)ccc3F)[nH]c2c1. The van der Waals surface area contributed by atoms with E-state index in [0.29, 0.717) is 22.2 Å². The molecule has 0 amide bonds. The van der Waals surface area contributed by atoms with Crippen LogP contribution in [0.3, 0.4) is 0 Å². The summed E-state index contributed by atoms with van der Waals surface area (Å²) < 4.78 is 26.6. The second kappa shape index (κ2) is 5.13. The predicted molar refractivity (Wildman–Crippen MR) is 76.4 cm³/mol. The van der Waals surface area contributed by atoms with Crippen molar-refractivity contribution in [2.24, 2.45) is 0 Å². The highest BCUT2D eigenvalue weighted by atomic mass is 32.2. The van der Waals surface area contributed by atoms with E-state index < -0.39 is 11.6 Å². The summed E-state index contributed by atoms with van der Waals surface area (Å²) in [6.07, 6.45) is 0. The van der Waals surface area contributed by atoms with Crippen molar-refractivity contribution in [3.05, 3.63) is 53.6 Å². The van der Waals surface area contributed by atoms with Gasteiger partial charge in [-0.15, -0.1) is 0 Å². The maximum Gasteiger partial charge on any atom is 0.166 e. The molecule has 0 aliphatic carbocycles. The fraction of sp³-hybridized carbons (Fsp3) is 0.0714. The van der Waals surface area contributed by atoms with Gasteiger partial charge in [0.25, 0.3) is 0 Å². The average molecular weight is 291 g/mol. The molecule has 0 fully saturated rings. The van der Waals surface area contributed by atoms with Gasteiger partial charge in [-0.3, -0.25) is 0 Å². The topological polar surface area (TPSA) is 54.7 Å². The molecule has 0 atom stereocenters. The van der Waals surface area contributed by atoms with Gasteiger partial charge in [-0.2, -0.15) is 0 Å². The molecule has 1 heterocycles. The molecule has 3 nitrogen and oxygen atoms in total. The molecule has 0 saturated carbocycles. The van der Waals surface area contributed by atoms with Crippen LogP contribution in [0.2, 0.25) is 0 Å². The molecule has 3 N–H and O–H groups in total. The second-order valence-electron chi connectivity index (χ2n) is 4.34. The molecule has 0 unspecified atom stereocenters. The van der Waals surface area contributed by atoms with Crippen molar-refractivity contribution in [1.29, 1.82) is 0 Å². The van der Waals surface area contributed by atoms with Crippen LogP contribution in [0.5, 0.6) is 0 Å². The number of aromatic nitrogens is 2.